The van der Waals surface area contributed by atoms with Gasteiger partial charge >= 0.3 is 5.97 Å². The number of benzene rings is 2. The fraction of sp³-hybridized carbons (Fsp3) is 0.381. The van der Waals surface area contributed by atoms with E-state index < -0.39 is 5.97 Å². The number of hydrogen-bond donors (Lipinski definition) is 1. The average molecular weight is 407 g/mol. The van der Waals surface area contributed by atoms with Gasteiger partial charge in [-0.15, -0.1) is 0 Å². The molecule has 1 unspecified atom stereocenters. The first-order valence-electron chi connectivity index (χ1n) is 9.06. The highest BCUT2D eigenvalue weighted by Crippen LogP contribution is 2.39. The number of carboxylic acids is 1. The topological polar surface area (TPSA) is 43.8 Å². The summed E-state index contributed by atoms with van der Waals surface area (Å²) in [6, 6.07) is 14.0. The van der Waals surface area contributed by atoms with E-state index in [0.29, 0.717) is 36.0 Å². The summed E-state index contributed by atoms with van der Waals surface area (Å²) in [5.74, 6) is -0.977. The molecule has 0 aromatic heterocycles. The van der Waals surface area contributed by atoms with Crippen LogP contribution >= 0.6 is 23.2 Å². The van der Waals surface area contributed by atoms with E-state index in [0.717, 1.165) is 16.8 Å². The second kappa shape index (κ2) is 8.51. The summed E-state index contributed by atoms with van der Waals surface area (Å²) >= 11 is 12.8. The molecular formula is C21H24Cl2N2O2. The van der Waals surface area contributed by atoms with Crippen LogP contribution in [0.25, 0.3) is 0 Å². The molecule has 2 aromatic carbocycles. The van der Waals surface area contributed by atoms with Crippen LogP contribution in [-0.4, -0.2) is 43.2 Å². The average Bonchev–Trinajstić information content (AvgIpc) is 2.66. The van der Waals surface area contributed by atoms with Gasteiger partial charge in [0, 0.05) is 19.8 Å². The van der Waals surface area contributed by atoms with Gasteiger partial charge in [-0.2, -0.15) is 0 Å². The summed E-state index contributed by atoms with van der Waals surface area (Å²) < 4.78 is 0. The Morgan fingerprint density at radius 1 is 1.11 bits per heavy atom. The van der Waals surface area contributed by atoms with E-state index in [1.165, 1.54) is 0 Å². The van der Waals surface area contributed by atoms with Crippen molar-refractivity contribution in [2.75, 3.05) is 32.1 Å². The van der Waals surface area contributed by atoms with Crippen molar-refractivity contribution in [2.24, 2.45) is 5.92 Å². The Labute approximate surface area is 170 Å². The lowest BCUT2D eigenvalue weighted by Crippen LogP contribution is -2.39. The van der Waals surface area contributed by atoms with E-state index in [4.69, 9.17) is 23.2 Å². The summed E-state index contributed by atoms with van der Waals surface area (Å²) in [7, 11) is 4.02. The number of carboxylic acid groups (broad SMARTS) is 1. The van der Waals surface area contributed by atoms with Crippen molar-refractivity contribution in [1.82, 2.24) is 4.90 Å². The fourth-order valence-corrected chi connectivity index (χ4v) is 4.09. The normalized spacial score (nSPS) is 16.9. The van der Waals surface area contributed by atoms with Gasteiger partial charge in [-0.1, -0.05) is 47.5 Å². The maximum Gasteiger partial charge on any atom is 0.306 e. The molecule has 0 amide bonds. The Morgan fingerprint density at radius 3 is 2.30 bits per heavy atom. The van der Waals surface area contributed by atoms with Crippen molar-refractivity contribution in [2.45, 2.75) is 18.9 Å². The van der Waals surface area contributed by atoms with E-state index in [-0.39, 0.29) is 12.0 Å². The molecule has 6 heteroatoms. The highest BCUT2D eigenvalue weighted by molar-refractivity contribution is 6.42. The maximum absolute atomic E-state index is 11.3. The standard InChI is InChI=1S/C21H24Cl2N2O2/c1-24(2)16-8-6-14(7-9-16)20(17-4-3-5-18(22)19(17)23)25-12-10-15(11-13-25)21(26)27/h3-9,15,20H,10-13H2,1-2H3,(H,26,27). The van der Waals surface area contributed by atoms with Crippen LogP contribution in [0.15, 0.2) is 42.5 Å². The number of halogens is 2. The Kier molecular flexibility index (Phi) is 6.30. The fourth-order valence-electron chi connectivity index (χ4n) is 3.68. The Balaban J connectivity index is 1.97. The molecular weight excluding hydrogens is 383 g/mol. The minimum atomic E-state index is -0.706. The predicted octanol–water partition coefficient (Wildman–Crippen LogP) is 4.95. The Bertz CT molecular complexity index is 800. The molecule has 0 saturated carbocycles. The van der Waals surface area contributed by atoms with Crippen molar-refractivity contribution in [1.29, 1.82) is 0 Å². The number of rotatable bonds is 5. The largest absolute Gasteiger partial charge is 0.481 e. The van der Waals surface area contributed by atoms with Crippen LogP contribution < -0.4 is 4.90 Å². The molecule has 0 radical (unpaired) electrons. The molecule has 1 saturated heterocycles. The van der Waals surface area contributed by atoms with Crippen LogP contribution in [0, 0.1) is 5.92 Å². The lowest BCUT2D eigenvalue weighted by atomic mass is 9.91. The molecule has 1 atom stereocenters. The van der Waals surface area contributed by atoms with Crippen molar-refractivity contribution in [3.05, 3.63) is 63.6 Å². The van der Waals surface area contributed by atoms with Gasteiger partial charge in [0.05, 0.1) is 22.0 Å². The van der Waals surface area contributed by atoms with Crippen molar-refractivity contribution in [3.8, 4) is 0 Å². The van der Waals surface area contributed by atoms with Gasteiger partial charge in [-0.25, -0.2) is 0 Å². The number of carbonyl (C=O) groups is 1. The van der Waals surface area contributed by atoms with Crippen LogP contribution in [0.1, 0.15) is 30.0 Å². The highest BCUT2D eigenvalue weighted by Gasteiger charge is 2.31. The number of likely N-dealkylation sites (tertiary alicyclic amines) is 1. The van der Waals surface area contributed by atoms with Gasteiger partial charge in [0.1, 0.15) is 0 Å². The zero-order chi connectivity index (χ0) is 19.6. The minimum Gasteiger partial charge on any atom is -0.481 e. The highest BCUT2D eigenvalue weighted by atomic mass is 35.5. The molecule has 2 aromatic rings. The zero-order valence-corrected chi connectivity index (χ0v) is 17.0. The molecule has 0 bridgehead atoms. The van der Waals surface area contributed by atoms with Gasteiger partial charge in [-0.3, -0.25) is 9.69 Å². The van der Waals surface area contributed by atoms with Crippen molar-refractivity contribution < 1.29 is 9.90 Å². The molecule has 4 nitrogen and oxygen atoms in total. The molecule has 1 aliphatic heterocycles. The summed E-state index contributed by atoms with van der Waals surface area (Å²) in [5, 5.41) is 10.4. The third-order valence-electron chi connectivity index (χ3n) is 5.25. The first kappa shape index (κ1) is 20.0. The second-order valence-electron chi connectivity index (χ2n) is 7.18. The number of aliphatic carboxylic acids is 1. The molecule has 0 aliphatic carbocycles. The maximum atomic E-state index is 11.3. The molecule has 1 aliphatic rings. The number of nitrogens with zero attached hydrogens (tertiary/aromatic N) is 2. The molecule has 3 rings (SSSR count). The SMILES string of the molecule is CN(C)c1ccc(C(c2cccc(Cl)c2Cl)N2CCC(C(=O)O)CC2)cc1. The first-order valence-corrected chi connectivity index (χ1v) is 9.82. The van der Waals surface area contributed by atoms with Crippen LogP contribution in [0.5, 0.6) is 0 Å². The van der Waals surface area contributed by atoms with E-state index in [9.17, 15) is 9.90 Å². The molecule has 144 valence electrons. The molecule has 1 fully saturated rings. The Morgan fingerprint density at radius 2 is 1.74 bits per heavy atom. The Hall–Kier alpha value is -1.75. The van der Waals surface area contributed by atoms with E-state index in [1.807, 2.05) is 26.2 Å². The van der Waals surface area contributed by atoms with Gasteiger partial charge in [-0.05, 0) is 55.3 Å². The van der Waals surface area contributed by atoms with E-state index >= 15 is 0 Å². The third-order valence-corrected chi connectivity index (χ3v) is 6.08. The lowest BCUT2D eigenvalue weighted by molar-refractivity contribution is -0.143. The second-order valence-corrected chi connectivity index (χ2v) is 7.97. The summed E-state index contributed by atoms with van der Waals surface area (Å²) in [5.41, 5.74) is 3.20. The van der Waals surface area contributed by atoms with Crippen molar-refractivity contribution >= 4 is 34.9 Å². The molecule has 1 N–H and O–H groups in total. The third kappa shape index (κ3) is 4.40. The van der Waals surface area contributed by atoms with Gasteiger partial charge in [0.25, 0.3) is 0 Å². The summed E-state index contributed by atoms with van der Waals surface area (Å²) in [6.45, 7) is 1.42. The van der Waals surface area contributed by atoms with Gasteiger partial charge < -0.3 is 10.0 Å². The smallest absolute Gasteiger partial charge is 0.306 e. The number of hydrogen-bond acceptors (Lipinski definition) is 3. The van der Waals surface area contributed by atoms with Crippen LogP contribution in [0.2, 0.25) is 10.0 Å². The van der Waals surface area contributed by atoms with Crippen LogP contribution in [-0.2, 0) is 4.79 Å². The monoisotopic (exact) mass is 406 g/mol. The molecule has 0 spiro atoms. The van der Waals surface area contributed by atoms with Gasteiger partial charge in [0.2, 0.25) is 0 Å². The van der Waals surface area contributed by atoms with Crippen LogP contribution in [0.4, 0.5) is 5.69 Å². The molecule has 27 heavy (non-hydrogen) atoms. The summed E-state index contributed by atoms with van der Waals surface area (Å²) in [4.78, 5) is 15.7. The number of piperidine rings is 1. The lowest BCUT2D eigenvalue weighted by Gasteiger charge is -2.37. The quantitative estimate of drug-likeness (QED) is 0.762. The first-order chi connectivity index (χ1) is 12.9. The van der Waals surface area contributed by atoms with E-state index in [1.54, 1.807) is 6.07 Å². The van der Waals surface area contributed by atoms with Gasteiger partial charge in [0.15, 0.2) is 0 Å². The van der Waals surface area contributed by atoms with E-state index in [2.05, 4.69) is 34.1 Å². The predicted molar refractivity (Wildman–Crippen MR) is 111 cm³/mol. The molecule has 1 heterocycles. The van der Waals surface area contributed by atoms with Crippen molar-refractivity contribution in [3.63, 3.8) is 0 Å². The van der Waals surface area contributed by atoms with Crippen LogP contribution in [0.3, 0.4) is 0 Å². The minimum absolute atomic E-state index is 0.0536. The number of anilines is 1. The zero-order valence-electron chi connectivity index (χ0n) is 15.5. The summed E-state index contributed by atoms with van der Waals surface area (Å²) in [6.07, 6.45) is 1.28.